The number of carbonyl (C=O) groups excluding carboxylic acids is 1. The Kier molecular flexibility index (Phi) is 6.79. The van der Waals surface area contributed by atoms with Crippen LogP contribution in [0.1, 0.15) is 0 Å². The number of nitriles is 1. The molecule has 1 amide bonds. The second-order valence-electron chi connectivity index (χ2n) is 5.26. The van der Waals surface area contributed by atoms with Gasteiger partial charge in [0.05, 0.1) is 19.1 Å². The normalized spacial score (nSPS) is 10.6. The predicted molar refractivity (Wildman–Crippen MR) is 104 cm³/mol. The fraction of sp³-hybridized carbons (Fsp3) is 0.111. The van der Waals surface area contributed by atoms with E-state index in [9.17, 15) is 20.2 Å². The van der Waals surface area contributed by atoms with Gasteiger partial charge < -0.3 is 20.1 Å². The minimum absolute atomic E-state index is 0.0220. The molecule has 144 valence electrons. The van der Waals surface area contributed by atoms with Crippen LogP contribution in [0.3, 0.4) is 0 Å². The summed E-state index contributed by atoms with van der Waals surface area (Å²) in [6.07, 6.45) is 1.14. The minimum atomic E-state index is -0.675. The van der Waals surface area contributed by atoms with Crippen molar-refractivity contribution in [1.82, 2.24) is 0 Å². The summed E-state index contributed by atoms with van der Waals surface area (Å²) < 4.78 is 10.3. The topological polar surface area (TPSA) is 127 Å². The number of methoxy groups -OCH3 is 2. The van der Waals surface area contributed by atoms with E-state index in [2.05, 4.69) is 10.6 Å². The van der Waals surface area contributed by atoms with Crippen LogP contribution in [0.25, 0.3) is 0 Å². The van der Waals surface area contributed by atoms with Gasteiger partial charge in [0.2, 0.25) is 0 Å². The minimum Gasteiger partial charge on any atom is -0.493 e. The smallest absolute Gasteiger partial charge is 0.289 e. The van der Waals surface area contributed by atoms with Crippen LogP contribution < -0.4 is 20.1 Å². The van der Waals surface area contributed by atoms with Gasteiger partial charge in [-0.15, -0.1) is 0 Å². The number of hydrogen-bond donors (Lipinski definition) is 2. The molecule has 0 unspecified atom stereocenters. The fourth-order valence-electron chi connectivity index (χ4n) is 2.16. The zero-order valence-corrected chi connectivity index (χ0v) is 15.6. The summed E-state index contributed by atoms with van der Waals surface area (Å²) >= 11 is 5.75. The molecule has 0 atom stereocenters. The third-order valence-corrected chi connectivity index (χ3v) is 3.85. The molecule has 10 heteroatoms. The standard InChI is InChI=1S/C18H15ClN4O5/c1-27-16-6-4-13(8-17(16)28-2)22-18(24)11(9-20)10-21-12-3-5-14(19)15(7-12)23(25)26/h3-8,10,21H,1-2H3,(H,22,24)/b11-10-. The van der Waals surface area contributed by atoms with Crippen molar-refractivity contribution in [2.75, 3.05) is 24.9 Å². The lowest BCUT2D eigenvalue weighted by Gasteiger charge is -2.10. The third-order valence-electron chi connectivity index (χ3n) is 3.53. The van der Waals surface area contributed by atoms with Gasteiger partial charge in [-0.1, -0.05) is 11.6 Å². The molecule has 0 fully saturated rings. The maximum Gasteiger partial charge on any atom is 0.289 e. The first kappa shape index (κ1) is 20.5. The summed E-state index contributed by atoms with van der Waals surface area (Å²) in [5.41, 5.74) is 0.148. The average Bonchev–Trinajstić information content (AvgIpc) is 2.69. The Morgan fingerprint density at radius 3 is 2.46 bits per heavy atom. The van der Waals surface area contributed by atoms with E-state index in [1.54, 1.807) is 24.3 Å². The molecule has 2 rings (SSSR count). The Morgan fingerprint density at radius 1 is 1.18 bits per heavy atom. The molecule has 2 aromatic rings. The maximum atomic E-state index is 12.3. The lowest BCUT2D eigenvalue weighted by molar-refractivity contribution is -0.384. The van der Waals surface area contributed by atoms with Crippen molar-refractivity contribution in [2.45, 2.75) is 0 Å². The van der Waals surface area contributed by atoms with Gasteiger partial charge in [0.1, 0.15) is 16.7 Å². The number of nitro benzene ring substituents is 1. The van der Waals surface area contributed by atoms with Gasteiger partial charge in [-0.05, 0) is 24.3 Å². The average molecular weight is 403 g/mol. The van der Waals surface area contributed by atoms with Gasteiger partial charge in [-0.2, -0.15) is 5.26 Å². The van der Waals surface area contributed by atoms with E-state index in [0.717, 1.165) is 6.20 Å². The van der Waals surface area contributed by atoms with E-state index in [1.807, 2.05) is 0 Å². The number of halogens is 1. The quantitative estimate of drug-likeness (QED) is 0.312. The number of hydrogen-bond acceptors (Lipinski definition) is 7. The number of amides is 1. The number of ether oxygens (including phenoxy) is 2. The van der Waals surface area contributed by atoms with Crippen molar-refractivity contribution in [3.8, 4) is 17.6 Å². The van der Waals surface area contributed by atoms with E-state index >= 15 is 0 Å². The monoisotopic (exact) mass is 402 g/mol. The number of benzene rings is 2. The second-order valence-corrected chi connectivity index (χ2v) is 5.67. The number of nitrogens with zero attached hydrogens (tertiary/aromatic N) is 2. The molecule has 0 radical (unpaired) electrons. The van der Waals surface area contributed by atoms with E-state index in [4.69, 9.17) is 21.1 Å². The molecule has 0 heterocycles. The molecule has 0 saturated heterocycles. The van der Waals surface area contributed by atoms with Crippen molar-refractivity contribution in [1.29, 1.82) is 5.26 Å². The first-order valence-corrected chi connectivity index (χ1v) is 8.11. The van der Waals surface area contributed by atoms with Gasteiger partial charge in [-0.25, -0.2) is 0 Å². The highest BCUT2D eigenvalue weighted by Gasteiger charge is 2.14. The molecule has 2 aromatic carbocycles. The lowest BCUT2D eigenvalue weighted by Crippen LogP contribution is -2.14. The van der Waals surface area contributed by atoms with Crippen LogP contribution in [0.2, 0.25) is 5.02 Å². The first-order chi connectivity index (χ1) is 13.4. The molecule has 0 aromatic heterocycles. The Balaban J connectivity index is 2.16. The Bertz CT molecular complexity index is 984. The third kappa shape index (κ3) is 4.90. The highest BCUT2D eigenvalue weighted by atomic mass is 35.5. The van der Waals surface area contributed by atoms with Crippen molar-refractivity contribution in [3.05, 3.63) is 63.3 Å². The molecule has 0 spiro atoms. The summed E-state index contributed by atoms with van der Waals surface area (Å²) in [6, 6.07) is 10.5. The Hall–Kier alpha value is -3.77. The fourth-order valence-corrected chi connectivity index (χ4v) is 2.35. The van der Waals surface area contributed by atoms with E-state index in [1.165, 1.54) is 32.4 Å². The number of nitro groups is 1. The number of anilines is 2. The van der Waals surface area contributed by atoms with Crippen molar-refractivity contribution < 1.29 is 19.2 Å². The summed E-state index contributed by atoms with van der Waals surface area (Å²) in [5.74, 6) is 0.225. The molecule has 2 N–H and O–H groups in total. The van der Waals surface area contributed by atoms with Crippen LogP contribution in [-0.2, 0) is 4.79 Å². The van der Waals surface area contributed by atoms with E-state index < -0.39 is 10.8 Å². The zero-order valence-electron chi connectivity index (χ0n) is 14.9. The maximum absolute atomic E-state index is 12.3. The first-order valence-electron chi connectivity index (χ1n) is 7.73. The van der Waals surface area contributed by atoms with Gasteiger partial charge in [-0.3, -0.25) is 14.9 Å². The summed E-state index contributed by atoms with van der Waals surface area (Å²) in [6.45, 7) is 0. The molecule has 0 aliphatic rings. The van der Waals surface area contributed by atoms with Crippen molar-refractivity contribution in [3.63, 3.8) is 0 Å². The molecule has 0 saturated carbocycles. The highest BCUT2D eigenvalue weighted by molar-refractivity contribution is 6.32. The molecular weight excluding hydrogens is 388 g/mol. The van der Waals surface area contributed by atoms with Crippen LogP contribution in [0.5, 0.6) is 11.5 Å². The summed E-state index contributed by atoms with van der Waals surface area (Å²) in [4.78, 5) is 22.6. The van der Waals surface area contributed by atoms with Crippen LogP contribution in [0.15, 0.2) is 48.2 Å². The molecule has 0 aliphatic heterocycles. The SMILES string of the molecule is COc1ccc(NC(=O)/C(C#N)=C\Nc2ccc(Cl)c([N+](=O)[O-])c2)cc1OC. The Morgan fingerprint density at radius 2 is 1.86 bits per heavy atom. The van der Waals surface area contributed by atoms with Crippen molar-refractivity contribution in [2.24, 2.45) is 0 Å². The largest absolute Gasteiger partial charge is 0.493 e. The molecule has 0 aliphatic carbocycles. The van der Waals surface area contributed by atoms with Gasteiger partial charge in [0.25, 0.3) is 11.6 Å². The van der Waals surface area contributed by atoms with Crippen LogP contribution in [-0.4, -0.2) is 25.1 Å². The Labute approximate surface area is 165 Å². The summed E-state index contributed by atoms with van der Waals surface area (Å²) in [7, 11) is 2.94. The van der Waals surface area contributed by atoms with E-state index in [-0.39, 0.29) is 16.3 Å². The molecule has 0 bridgehead atoms. The molecule has 28 heavy (non-hydrogen) atoms. The van der Waals surface area contributed by atoms with E-state index in [0.29, 0.717) is 22.9 Å². The van der Waals surface area contributed by atoms with Crippen LogP contribution >= 0.6 is 11.6 Å². The molecular formula is C18H15ClN4O5. The number of rotatable bonds is 7. The van der Waals surface area contributed by atoms with Crippen LogP contribution in [0.4, 0.5) is 17.1 Å². The van der Waals surface area contributed by atoms with Gasteiger partial charge in [0.15, 0.2) is 11.5 Å². The number of nitrogens with one attached hydrogen (secondary N) is 2. The lowest BCUT2D eigenvalue weighted by atomic mass is 10.2. The predicted octanol–water partition coefficient (Wildman–Crippen LogP) is 3.72. The second kappa shape index (κ2) is 9.25. The van der Waals surface area contributed by atoms with Gasteiger partial charge >= 0.3 is 0 Å². The van der Waals surface area contributed by atoms with Crippen molar-refractivity contribution >= 4 is 34.6 Å². The highest BCUT2D eigenvalue weighted by Crippen LogP contribution is 2.30. The molecule has 9 nitrogen and oxygen atoms in total. The van der Waals surface area contributed by atoms with Crippen LogP contribution in [0, 0.1) is 21.4 Å². The van der Waals surface area contributed by atoms with Gasteiger partial charge in [0, 0.05) is 29.7 Å². The zero-order chi connectivity index (χ0) is 20.7. The summed E-state index contributed by atoms with van der Waals surface area (Å²) in [5, 5.41) is 25.4. The number of carbonyl (C=O) groups is 1.